The van der Waals surface area contributed by atoms with Gasteiger partial charge in [0.1, 0.15) is 11.8 Å². The molecule has 5 N–H and O–H groups in total. The van der Waals surface area contributed by atoms with E-state index in [0.29, 0.717) is 29.4 Å². The smallest absolute Gasteiger partial charge is 0.408 e. The van der Waals surface area contributed by atoms with E-state index in [9.17, 15) is 14.7 Å². The number of aromatic nitrogens is 3. The van der Waals surface area contributed by atoms with Crippen LogP contribution in [0.5, 0.6) is 0 Å². The van der Waals surface area contributed by atoms with Gasteiger partial charge in [-0.2, -0.15) is 4.98 Å². The van der Waals surface area contributed by atoms with Crippen LogP contribution >= 0.6 is 0 Å². The SMILES string of the molecule is CC(C)(C)OC(=O)NCC#Cc1cn(C2CCC(CO)O2)c2nc(N)[nH]c(=O)c12. The Morgan fingerprint density at radius 3 is 2.93 bits per heavy atom. The van der Waals surface area contributed by atoms with Gasteiger partial charge in [-0.15, -0.1) is 0 Å². The molecule has 156 valence electrons. The molecule has 2 unspecified atom stereocenters. The highest BCUT2D eigenvalue weighted by molar-refractivity contribution is 5.83. The Hall–Kier alpha value is -3.03. The predicted octanol–water partition coefficient (Wildman–Crippen LogP) is 0.853. The van der Waals surface area contributed by atoms with Gasteiger partial charge in [0.25, 0.3) is 5.56 Å². The summed E-state index contributed by atoms with van der Waals surface area (Å²) in [4.78, 5) is 30.8. The van der Waals surface area contributed by atoms with E-state index in [1.165, 1.54) is 0 Å². The number of H-pyrrole nitrogens is 1. The summed E-state index contributed by atoms with van der Waals surface area (Å²) in [5.41, 5.74) is 5.49. The van der Waals surface area contributed by atoms with Gasteiger partial charge in [0, 0.05) is 6.20 Å². The largest absolute Gasteiger partial charge is 0.444 e. The van der Waals surface area contributed by atoms with Crippen molar-refractivity contribution in [1.29, 1.82) is 0 Å². The van der Waals surface area contributed by atoms with Gasteiger partial charge in [0.05, 0.1) is 30.2 Å². The Bertz CT molecular complexity index is 1020. The molecular weight excluding hydrogens is 378 g/mol. The first kappa shape index (κ1) is 20.7. The monoisotopic (exact) mass is 403 g/mol. The number of nitrogens with two attached hydrogens (primary N) is 1. The van der Waals surface area contributed by atoms with Gasteiger partial charge in [-0.1, -0.05) is 11.8 Å². The number of alkyl carbamates (subject to hydrolysis) is 1. The summed E-state index contributed by atoms with van der Waals surface area (Å²) in [5, 5.41) is 12.1. The van der Waals surface area contributed by atoms with E-state index in [0.717, 1.165) is 0 Å². The van der Waals surface area contributed by atoms with Gasteiger partial charge in [-0.3, -0.25) is 9.78 Å². The van der Waals surface area contributed by atoms with Crippen molar-refractivity contribution in [2.75, 3.05) is 18.9 Å². The third-order valence-electron chi connectivity index (χ3n) is 4.24. The minimum Gasteiger partial charge on any atom is -0.444 e. The minimum absolute atomic E-state index is 0.00958. The Morgan fingerprint density at radius 1 is 1.52 bits per heavy atom. The van der Waals surface area contributed by atoms with E-state index >= 15 is 0 Å². The van der Waals surface area contributed by atoms with E-state index in [4.69, 9.17) is 15.2 Å². The number of ether oxygens (including phenoxy) is 2. The number of hydrogen-bond donors (Lipinski definition) is 4. The van der Waals surface area contributed by atoms with Crippen LogP contribution in [0.25, 0.3) is 11.0 Å². The van der Waals surface area contributed by atoms with Gasteiger partial charge in [0.15, 0.2) is 5.65 Å². The molecule has 3 heterocycles. The molecule has 29 heavy (non-hydrogen) atoms. The second-order valence-electron chi connectivity index (χ2n) is 7.73. The van der Waals surface area contributed by atoms with E-state index in [1.807, 2.05) is 0 Å². The second-order valence-corrected chi connectivity index (χ2v) is 7.73. The van der Waals surface area contributed by atoms with Crippen LogP contribution in [-0.2, 0) is 9.47 Å². The molecule has 0 saturated carbocycles. The van der Waals surface area contributed by atoms with Crippen LogP contribution in [0.1, 0.15) is 45.4 Å². The average Bonchev–Trinajstić information content (AvgIpc) is 3.21. The number of amides is 1. The number of nitrogens with zero attached hydrogens (tertiary/aromatic N) is 2. The highest BCUT2D eigenvalue weighted by Crippen LogP contribution is 2.31. The van der Waals surface area contributed by atoms with Crippen LogP contribution in [0.4, 0.5) is 10.7 Å². The van der Waals surface area contributed by atoms with Crippen LogP contribution in [0, 0.1) is 11.8 Å². The van der Waals surface area contributed by atoms with E-state index in [1.54, 1.807) is 31.5 Å². The van der Waals surface area contributed by atoms with Crippen LogP contribution in [0.15, 0.2) is 11.0 Å². The highest BCUT2D eigenvalue weighted by Gasteiger charge is 2.28. The number of nitrogen functional groups attached to an aromatic ring is 1. The molecule has 0 aromatic carbocycles. The summed E-state index contributed by atoms with van der Waals surface area (Å²) < 4.78 is 12.7. The molecule has 1 saturated heterocycles. The number of carbonyl (C=O) groups excluding carboxylic acids is 1. The minimum atomic E-state index is -0.600. The lowest BCUT2D eigenvalue weighted by Crippen LogP contribution is -2.32. The number of aliphatic hydroxyl groups is 1. The van der Waals surface area contributed by atoms with Crippen LogP contribution in [0.3, 0.4) is 0 Å². The summed E-state index contributed by atoms with van der Waals surface area (Å²) in [6.07, 6.45) is 1.83. The number of carbonyl (C=O) groups is 1. The van der Waals surface area contributed by atoms with Gasteiger partial charge >= 0.3 is 6.09 Å². The number of aliphatic hydroxyl groups excluding tert-OH is 1. The van der Waals surface area contributed by atoms with Crippen LogP contribution < -0.4 is 16.6 Å². The van der Waals surface area contributed by atoms with Crippen molar-refractivity contribution >= 4 is 23.1 Å². The van der Waals surface area contributed by atoms with Crippen molar-refractivity contribution < 1.29 is 19.4 Å². The maximum absolute atomic E-state index is 12.4. The van der Waals surface area contributed by atoms with Crippen molar-refractivity contribution in [2.45, 2.75) is 51.5 Å². The fourth-order valence-electron chi connectivity index (χ4n) is 3.08. The lowest BCUT2D eigenvalue weighted by atomic mass is 10.2. The molecule has 2 aromatic rings. The fourth-order valence-corrected chi connectivity index (χ4v) is 3.08. The predicted molar refractivity (Wildman–Crippen MR) is 106 cm³/mol. The van der Waals surface area contributed by atoms with Gasteiger partial charge in [0.2, 0.25) is 5.95 Å². The third-order valence-corrected chi connectivity index (χ3v) is 4.24. The Balaban J connectivity index is 1.86. The number of fused-ring (bicyclic) bond motifs is 1. The van der Waals surface area contributed by atoms with Gasteiger partial charge < -0.3 is 30.2 Å². The number of aromatic amines is 1. The maximum atomic E-state index is 12.4. The Morgan fingerprint density at radius 2 is 2.28 bits per heavy atom. The van der Waals surface area contributed by atoms with Crippen LogP contribution in [0.2, 0.25) is 0 Å². The van der Waals surface area contributed by atoms with Crippen molar-refractivity contribution in [3.05, 3.63) is 22.1 Å². The fraction of sp³-hybridized carbons (Fsp3) is 0.526. The molecule has 0 radical (unpaired) electrons. The van der Waals surface area contributed by atoms with E-state index < -0.39 is 17.3 Å². The lowest BCUT2D eigenvalue weighted by Gasteiger charge is -2.18. The standard InChI is InChI=1S/C19H25N5O5/c1-19(2,3)29-18(27)21-8-4-5-11-9-24(13-7-6-12(10-25)28-13)15-14(11)16(26)23-17(20)22-15/h9,12-13,25H,6-8,10H2,1-3H3,(H,21,27)(H3,20,22,23,26). The summed E-state index contributed by atoms with van der Waals surface area (Å²) in [5.74, 6) is 5.69. The Kier molecular flexibility index (Phi) is 5.81. The number of rotatable bonds is 3. The second kappa shape index (κ2) is 8.14. The molecule has 1 aliphatic heterocycles. The number of anilines is 1. The molecule has 10 heteroatoms. The van der Waals surface area contributed by atoms with E-state index in [-0.39, 0.29) is 31.4 Å². The molecular formula is C19H25N5O5. The van der Waals surface area contributed by atoms with E-state index in [2.05, 4.69) is 27.1 Å². The maximum Gasteiger partial charge on any atom is 0.408 e. The molecule has 1 aliphatic rings. The zero-order chi connectivity index (χ0) is 21.2. The first-order valence-electron chi connectivity index (χ1n) is 9.30. The average molecular weight is 403 g/mol. The number of hydrogen-bond acceptors (Lipinski definition) is 7. The number of nitrogens with one attached hydrogen (secondary N) is 2. The topological polar surface area (TPSA) is 144 Å². The summed E-state index contributed by atoms with van der Waals surface area (Å²) in [6, 6.07) is 0. The summed E-state index contributed by atoms with van der Waals surface area (Å²) >= 11 is 0. The molecule has 3 rings (SSSR count). The zero-order valence-electron chi connectivity index (χ0n) is 16.6. The van der Waals surface area contributed by atoms with Crippen molar-refractivity contribution in [3.63, 3.8) is 0 Å². The van der Waals surface area contributed by atoms with Crippen molar-refractivity contribution in [3.8, 4) is 11.8 Å². The summed E-state index contributed by atoms with van der Waals surface area (Å²) in [7, 11) is 0. The normalized spacial score (nSPS) is 19.0. The third kappa shape index (κ3) is 4.88. The molecule has 2 atom stereocenters. The van der Waals surface area contributed by atoms with Crippen LogP contribution in [-0.4, -0.2) is 50.6 Å². The molecule has 10 nitrogen and oxygen atoms in total. The zero-order valence-corrected chi connectivity index (χ0v) is 16.6. The quantitative estimate of drug-likeness (QED) is 0.556. The van der Waals surface area contributed by atoms with Crippen molar-refractivity contribution in [2.24, 2.45) is 0 Å². The Labute approximate surface area is 167 Å². The van der Waals surface area contributed by atoms with Gasteiger partial charge in [-0.25, -0.2) is 4.79 Å². The first-order chi connectivity index (χ1) is 13.7. The molecule has 1 amide bonds. The molecule has 0 aliphatic carbocycles. The molecule has 0 bridgehead atoms. The van der Waals surface area contributed by atoms with Gasteiger partial charge in [-0.05, 0) is 33.6 Å². The lowest BCUT2D eigenvalue weighted by molar-refractivity contribution is -0.0204. The highest BCUT2D eigenvalue weighted by atomic mass is 16.6. The van der Waals surface area contributed by atoms with Crippen molar-refractivity contribution in [1.82, 2.24) is 19.9 Å². The molecule has 2 aromatic heterocycles. The summed E-state index contributed by atoms with van der Waals surface area (Å²) in [6.45, 7) is 5.28. The molecule has 1 fully saturated rings. The first-order valence-corrected chi connectivity index (χ1v) is 9.30. The molecule has 0 spiro atoms.